The smallest absolute Gasteiger partial charge is 0.182 e. The molecule has 0 aliphatic heterocycles. The van der Waals surface area contributed by atoms with Crippen molar-refractivity contribution in [1.29, 1.82) is 0 Å². The SMILES string of the molecule is COc1ccc(OC)c(CNc2ncnc3nc[nH]c23)c1O. The van der Waals surface area contributed by atoms with Crippen molar-refractivity contribution in [2.24, 2.45) is 0 Å². The lowest BCUT2D eigenvalue weighted by molar-refractivity contribution is 0.361. The van der Waals surface area contributed by atoms with E-state index in [1.807, 2.05) is 0 Å². The molecule has 3 rings (SSSR count). The average molecular weight is 301 g/mol. The van der Waals surface area contributed by atoms with Gasteiger partial charge in [0.05, 0.1) is 26.1 Å². The zero-order valence-corrected chi connectivity index (χ0v) is 12.1. The summed E-state index contributed by atoms with van der Waals surface area (Å²) in [5.41, 5.74) is 1.84. The Bertz CT molecular complexity index is 802. The predicted molar refractivity (Wildman–Crippen MR) is 80.2 cm³/mol. The summed E-state index contributed by atoms with van der Waals surface area (Å²) >= 11 is 0. The van der Waals surface area contributed by atoms with E-state index in [4.69, 9.17) is 9.47 Å². The average Bonchev–Trinajstić information content (AvgIpc) is 3.02. The van der Waals surface area contributed by atoms with Crippen molar-refractivity contribution in [3.05, 3.63) is 30.4 Å². The summed E-state index contributed by atoms with van der Waals surface area (Å²) in [5.74, 6) is 1.56. The molecule has 0 radical (unpaired) electrons. The summed E-state index contributed by atoms with van der Waals surface area (Å²) in [7, 11) is 3.04. The molecule has 0 aliphatic carbocycles. The Morgan fingerprint density at radius 1 is 1.14 bits per heavy atom. The number of nitrogens with zero attached hydrogens (tertiary/aromatic N) is 3. The van der Waals surface area contributed by atoms with Crippen molar-refractivity contribution in [1.82, 2.24) is 19.9 Å². The number of benzene rings is 1. The van der Waals surface area contributed by atoms with E-state index >= 15 is 0 Å². The molecule has 0 aliphatic rings. The van der Waals surface area contributed by atoms with Gasteiger partial charge in [-0.1, -0.05) is 0 Å². The summed E-state index contributed by atoms with van der Waals surface area (Å²) in [6, 6.07) is 3.39. The molecule has 0 atom stereocenters. The third-order valence-electron chi connectivity index (χ3n) is 3.30. The normalized spacial score (nSPS) is 10.6. The van der Waals surface area contributed by atoms with Crippen molar-refractivity contribution >= 4 is 17.0 Å². The molecule has 2 aromatic heterocycles. The van der Waals surface area contributed by atoms with Gasteiger partial charge in [0.2, 0.25) is 0 Å². The standard InChI is InChI=1S/C14H15N5O3/c1-21-9-3-4-10(22-2)12(20)8(9)5-15-13-11-14(17-6-16-11)19-7-18-13/h3-4,6-7,20H,5H2,1-2H3,(H2,15,16,17,18,19). The van der Waals surface area contributed by atoms with Crippen LogP contribution < -0.4 is 14.8 Å². The highest BCUT2D eigenvalue weighted by atomic mass is 16.5. The maximum absolute atomic E-state index is 10.3. The van der Waals surface area contributed by atoms with E-state index in [1.165, 1.54) is 13.4 Å². The highest BCUT2D eigenvalue weighted by Gasteiger charge is 2.15. The van der Waals surface area contributed by atoms with Gasteiger partial charge in [-0.3, -0.25) is 0 Å². The number of hydrogen-bond donors (Lipinski definition) is 3. The molecule has 1 aromatic carbocycles. The van der Waals surface area contributed by atoms with Crippen molar-refractivity contribution in [2.75, 3.05) is 19.5 Å². The van der Waals surface area contributed by atoms with E-state index in [9.17, 15) is 5.11 Å². The molecule has 3 N–H and O–H groups in total. The first-order valence-electron chi connectivity index (χ1n) is 6.55. The second kappa shape index (κ2) is 5.76. The van der Waals surface area contributed by atoms with Crippen LogP contribution in [0.1, 0.15) is 5.56 Å². The van der Waals surface area contributed by atoms with Crippen molar-refractivity contribution < 1.29 is 14.6 Å². The molecule has 2 heterocycles. The van der Waals surface area contributed by atoms with E-state index in [1.54, 1.807) is 25.6 Å². The monoisotopic (exact) mass is 301 g/mol. The number of ether oxygens (including phenoxy) is 2. The molecule has 22 heavy (non-hydrogen) atoms. The topological polar surface area (TPSA) is 105 Å². The van der Waals surface area contributed by atoms with Crippen LogP contribution in [0.5, 0.6) is 17.2 Å². The molecular formula is C14H15N5O3. The summed E-state index contributed by atoms with van der Waals surface area (Å²) in [4.78, 5) is 15.3. The van der Waals surface area contributed by atoms with Crippen LogP contribution in [0.3, 0.4) is 0 Å². The highest BCUT2D eigenvalue weighted by Crippen LogP contribution is 2.36. The summed E-state index contributed by atoms with van der Waals surface area (Å²) in [6.07, 6.45) is 2.97. The lowest BCUT2D eigenvalue weighted by atomic mass is 10.1. The lowest BCUT2D eigenvalue weighted by Gasteiger charge is -2.14. The largest absolute Gasteiger partial charge is 0.504 e. The van der Waals surface area contributed by atoms with Crippen LogP contribution in [0.15, 0.2) is 24.8 Å². The molecule has 0 saturated carbocycles. The van der Waals surface area contributed by atoms with Gasteiger partial charge >= 0.3 is 0 Å². The predicted octanol–water partition coefficient (Wildman–Crippen LogP) is 1.69. The van der Waals surface area contributed by atoms with Gasteiger partial charge in [-0.2, -0.15) is 0 Å². The van der Waals surface area contributed by atoms with E-state index < -0.39 is 0 Å². The number of nitrogens with one attached hydrogen (secondary N) is 2. The van der Waals surface area contributed by atoms with Gasteiger partial charge < -0.3 is 24.9 Å². The zero-order chi connectivity index (χ0) is 15.5. The first kappa shape index (κ1) is 13.9. The highest BCUT2D eigenvalue weighted by molar-refractivity contribution is 5.82. The second-order valence-corrected chi connectivity index (χ2v) is 4.47. The number of aromatic nitrogens is 4. The minimum absolute atomic E-state index is 0.0317. The molecule has 8 heteroatoms. The molecule has 0 unspecified atom stereocenters. The van der Waals surface area contributed by atoms with Crippen LogP contribution in [0.25, 0.3) is 11.2 Å². The van der Waals surface area contributed by atoms with Crippen molar-refractivity contribution in [3.8, 4) is 17.2 Å². The fourth-order valence-corrected chi connectivity index (χ4v) is 2.19. The first-order chi connectivity index (χ1) is 10.7. The molecule has 3 aromatic rings. The second-order valence-electron chi connectivity index (χ2n) is 4.47. The molecule has 0 spiro atoms. The summed E-state index contributed by atoms with van der Waals surface area (Å²) in [6.45, 7) is 0.303. The van der Waals surface area contributed by atoms with Gasteiger partial charge in [0.1, 0.15) is 17.6 Å². The molecule has 0 fully saturated rings. The Hall–Kier alpha value is -3.03. The quantitative estimate of drug-likeness (QED) is 0.658. The van der Waals surface area contributed by atoms with Gasteiger partial charge in [0, 0.05) is 6.54 Å². The number of rotatable bonds is 5. The number of anilines is 1. The van der Waals surface area contributed by atoms with Crippen LogP contribution in [-0.2, 0) is 6.54 Å². The van der Waals surface area contributed by atoms with Gasteiger partial charge in [-0.05, 0) is 12.1 Å². The van der Waals surface area contributed by atoms with Crippen LogP contribution in [0.2, 0.25) is 0 Å². The van der Waals surface area contributed by atoms with Crippen molar-refractivity contribution in [3.63, 3.8) is 0 Å². The summed E-state index contributed by atoms with van der Waals surface area (Å²) < 4.78 is 10.4. The number of methoxy groups -OCH3 is 2. The molecule has 0 bridgehead atoms. The van der Waals surface area contributed by atoms with Gasteiger partial charge in [-0.15, -0.1) is 0 Å². The number of aromatic amines is 1. The number of phenolic OH excluding ortho intramolecular Hbond substituents is 1. The molecule has 114 valence electrons. The van der Waals surface area contributed by atoms with E-state index in [0.717, 1.165) is 0 Å². The third kappa shape index (κ3) is 2.34. The fraction of sp³-hybridized carbons (Fsp3) is 0.214. The minimum Gasteiger partial charge on any atom is -0.504 e. The first-order valence-corrected chi connectivity index (χ1v) is 6.55. The number of imidazole rings is 1. The Balaban J connectivity index is 1.92. The number of hydrogen-bond acceptors (Lipinski definition) is 7. The van der Waals surface area contributed by atoms with E-state index in [0.29, 0.717) is 40.6 Å². The molecule has 8 nitrogen and oxygen atoms in total. The minimum atomic E-state index is 0.0317. The van der Waals surface area contributed by atoms with Gasteiger partial charge in [-0.25, -0.2) is 15.0 Å². The third-order valence-corrected chi connectivity index (χ3v) is 3.30. The Kier molecular flexibility index (Phi) is 3.65. The van der Waals surface area contributed by atoms with Crippen LogP contribution >= 0.6 is 0 Å². The Morgan fingerprint density at radius 3 is 2.68 bits per heavy atom. The fourth-order valence-electron chi connectivity index (χ4n) is 2.19. The van der Waals surface area contributed by atoms with Crippen LogP contribution in [0.4, 0.5) is 5.82 Å². The number of H-pyrrole nitrogens is 1. The maximum atomic E-state index is 10.3. The zero-order valence-electron chi connectivity index (χ0n) is 12.1. The van der Waals surface area contributed by atoms with Gasteiger partial charge in [0.15, 0.2) is 23.0 Å². The number of fused-ring (bicyclic) bond motifs is 1. The summed E-state index contributed by atoms with van der Waals surface area (Å²) in [5, 5.41) is 13.4. The molecule has 0 saturated heterocycles. The molecular weight excluding hydrogens is 286 g/mol. The Morgan fingerprint density at radius 2 is 1.91 bits per heavy atom. The van der Waals surface area contributed by atoms with Crippen molar-refractivity contribution in [2.45, 2.75) is 6.54 Å². The van der Waals surface area contributed by atoms with Crippen LogP contribution in [-0.4, -0.2) is 39.3 Å². The van der Waals surface area contributed by atoms with E-state index in [-0.39, 0.29) is 5.75 Å². The Labute approximate surface area is 126 Å². The number of aromatic hydroxyl groups is 1. The molecule has 0 amide bonds. The number of phenols is 1. The maximum Gasteiger partial charge on any atom is 0.182 e. The van der Waals surface area contributed by atoms with Crippen LogP contribution in [0, 0.1) is 0 Å². The van der Waals surface area contributed by atoms with E-state index in [2.05, 4.69) is 25.3 Å². The van der Waals surface area contributed by atoms with Gasteiger partial charge in [0.25, 0.3) is 0 Å². The lowest BCUT2D eigenvalue weighted by Crippen LogP contribution is -2.05.